The normalized spacial score (nSPS) is 16.5. The maximum atomic E-state index is 11.8. The highest BCUT2D eigenvalue weighted by Gasteiger charge is 2.36. The lowest BCUT2D eigenvalue weighted by Crippen LogP contribution is -2.39. The van der Waals surface area contributed by atoms with E-state index >= 15 is 0 Å². The minimum atomic E-state index is -0.518. The number of nitrogens with zero attached hydrogens (tertiary/aromatic N) is 1. The van der Waals surface area contributed by atoms with Gasteiger partial charge in [-0.25, -0.2) is 4.79 Å². The predicted octanol–water partition coefficient (Wildman–Crippen LogP) is 2.00. The molecule has 1 atom stereocenters. The highest BCUT2D eigenvalue weighted by Crippen LogP contribution is 2.19. The highest BCUT2D eigenvalue weighted by atomic mass is 16.5. The van der Waals surface area contributed by atoms with Crippen molar-refractivity contribution in [2.45, 2.75) is 18.9 Å². The van der Waals surface area contributed by atoms with E-state index in [0.29, 0.717) is 12.8 Å². The molecule has 0 bridgehead atoms. The second-order valence-corrected chi connectivity index (χ2v) is 4.84. The molecule has 1 heterocycles. The zero-order valence-electron chi connectivity index (χ0n) is 12.5. The molecule has 0 spiro atoms. The zero-order valence-corrected chi connectivity index (χ0v) is 12.5. The summed E-state index contributed by atoms with van der Waals surface area (Å²) in [6.07, 6.45) is 2.60. The Labute approximate surface area is 130 Å². The van der Waals surface area contributed by atoms with E-state index in [0.717, 1.165) is 11.1 Å². The molecule has 1 aliphatic heterocycles. The largest absolute Gasteiger partial charge is 0.467 e. The van der Waals surface area contributed by atoms with E-state index in [9.17, 15) is 9.59 Å². The first kappa shape index (κ1) is 15.6. The van der Waals surface area contributed by atoms with Crippen LogP contribution in [0.4, 0.5) is 0 Å². The van der Waals surface area contributed by atoms with Crippen molar-refractivity contribution in [1.82, 2.24) is 4.90 Å². The molecule has 1 fully saturated rings. The fourth-order valence-corrected chi connectivity index (χ4v) is 2.38. The molecule has 1 aromatic carbocycles. The molecule has 1 aliphatic rings. The van der Waals surface area contributed by atoms with Crippen LogP contribution < -0.4 is 0 Å². The van der Waals surface area contributed by atoms with Gasteiger partial charge in [0.1, 0.15) is 6.04 Å². The van der Waals surface area contributed by atoms with Crippen LogP contribution >= 0.6 is 0 Å². The fraction of sp³-hybridized carbons (Fsp3) is 0.278. The first-order valence-corrected chi connectivity index (χ1v) is 6.98. The van der Waals surface area contributed by atoms with Crippen LogP contribution in [0.1, 0.15) is 24.0 Å². The Bertz CT molecular complexity index is 690. The smallest absolute Gasteiger partial charge is 0.328 e. The second kappa shape index (κ2) is 7.31. The Morgan fingerprint density at radius 2 is 2.27 bits per heavy atom. The summed E-state index contributed by atoms with van der Waals surface area (Å²) in [7, 11) is 1.33. The molecule has 0 saturated carbocycles. The molecule has 1 amide bonds. The van der Waals surface area contributed by atoms with Crippen molar-refractivity contribution in [1.29, 1.82) is 0 Å². The highest BCUT2D eigenvalue weighted by molar-refractivity contribution is 5.88. The summed E-state index contributed by atoms with van der Waals surface area (Å²) in [5, 5.41) is 0. The molecule has 4 nitrogen and oxygen atoms in total. The summed E-state index contributed by atoms with van der Waals surface area (Å²) in [6.45, 7) is 3.77. The van der Waals surface area contributed by atoms with Crippen molar-refractivity contribution in [2.24, 2.45) is 0 Å². The van der Waals surface area contributed by atoms with Crippen LogP contribution in [-0.4, -0.2) is 36.5 Å². The monoisotopic (exact) mass is 295 g/mol. The van der Waals surface area contributed by atoms with Crippen molar-refractivity contribution in [3.05, 3.63) is 47.7 Å². The van der Waals surface area contributed by atoms with Crippen molar-refractivity contribution in [2.75, 3.05) is 13.7 Å². The fourth-order valence-electron chi connectivity index (χ4n) is 2.38. The average molecular weight is 295 g/mol. The van der Waals surface area contributed by atoms with Gasteiger partial charge in [0, 0.05) is 12.0 Å². The van der Waals surface area contributed by atoms with Gasteiger partial charge in [0.05, 0.1) is 13.7 Å². The van der Waals surface area contributed by atoms with Gasteiger partial charge < -0.3 is 9.64 Å². The summed E-state index contributed by atoms with van der Waals surface area (Å²) in [5.41, 5.74) is 4.48. The summed E-state index contributed by atoms with van der Waals surface area (Å²) in [4.78, 5) is 25.0. The molecule has 4 heteroatoms. The third-order valence-electron chi connectivity index (χ3n) is 3.49. The number of methoxy groups -OCH3 is 1. The Morgan fingerprint density at radius 1 is 1.50 bits per heavy atom. The maximum absolute atomic E-state index is 11.8. The van der Waals surface area contributed by atoms with E-state index in [1.807, 2.05) is 24.3 Å². The summed E-state index contributed by atoms with van der Waals surface area (Å²) in [5.74, 6) is 5.54. The molecule has 1 saturated heterocycles. The number of carbonyl (C=O) groups is 2. The van der Waals surface area contributed by atoms with E-state index < -0.39 is 6.04 Å². The quantitative estimate of drug-likeness (QED) is 0.487. The number of hydrogen-bond acceptors (Lipinski definition) is 3. The number of rotatable bonds is 3. The van der Waals surface area contributed by atoms with E-state index in [1.165, 1.54) is 12.0 Å². The third kappa shape index (κ3) is 3.46. The lowest BCUT2D eigenvalue weighted by molar-refractivity contribution is -0.148. The van der Waals surface area contributed by atoms with Gasteiger partial charge in [0.2, 0.25) is 5.91 Å². The Balaban J connectivity index is 2.14. The van der Waals surface area contributed by atoms with Crippen LogP contribution in [0.25, 0.3) is 6.08 Å². The van der Waals surface area contributed by atoms with E-state index in [1.54, 1.807) is 6.08 Å². The van der Waals surface area contributed by atoms with Crippen molar-refractivity contribution < 1.29 is 14.3 Å². The van der Waals surface area contributed by atoms with Gasteiger partial charge in [0.25, 0.3) is 0 Å². The number of esters is 1. The number of amides is 1. The summed E-state index contributed by atoms with van der Waals surface area (Å²) < 4.78 is 4.73. The SMILES string of the molecule is C=C=Cc1ccccc1C#CCN1C(=O)CC[C@H]1C(=O)OC. The number of hydrogen-bond donors (Lipinski definition) is 0. The van der Waals surface area contributed by atoms with Gasteiger partial charge in [-0.15, -0.1) is 5.73 Å². The Kier molecular flexibility index (Phi) is 5.19. The van der Waals surface area contributed by atoms with Gasteiger partial charge in [0.15, 0.2) is 0 Å². The van der Waals surface area contributed by atoms with Crippen LogP contribution in [0.2, 0.25) is 0 Å². The zero-order chi connectivity index (χ0) is 15.9. The lowest BCUT2D eigenvalue weighted by Gasteiger charge is -2.19. The Hall–Kier alpha value is -2.76. The van der Waals surface area contributed by atoms with Crippen molar-refractivity contribution in [3.8, 4) is 11.8 Å². The van der Waals surface area contributed by atoms with Crippen LogP contribution in [-0.2, 0) is 14.3 Å². The molecule has 0 unspecified atom stereocenters. The van der Waals surface area contributed by atoms with Gasteiger partial charge in [-0.2, -0.15) is 0 Å². The van der Waals surface area contributed by atoms with Crippen LogP contribution in [0, 0.1) is 11.8 Å². The molecule has 112 valence electrons. The summed E-state index contributed by atoms with van der Waals surface area (Å²) in [6, 6.07) is 7.09. The van der Waals surface area contributed by atoms with Crippen LogP contribution in [0.3, 0.4) is 0 Å². The minimum Gasteiger partial charge on any atom is -0.467 e. The van der Waals surface area contributed by atoms with Gasteiger partial charge in [-0.1, -0.05) is 36.6 Å². The standard InChI is InChI=1S/C18H17NO3/c1-3-7-14-8-4-5-9-15(14)10-6-13-19-16(18(21)22-2)11-12-17(19)20/h4-5,7-9,16H,1,11-13H2,2H3/t16-/m0/s1. The minimum absolute atomic E-state index is 0.0658. The molecule has 1 aromatic rings. The third-order valence-corrected chi connectivity index (χ3v) is 3.49. The van der Waals surface area contributed by atoms with E-state index in [2.05, 4.69) is 24.2 Å². The molecule has 22 heavy (non-hydrogen) atoms. The van der Waals surface area contributed by atoms with Gasteiger partial charge in [-0.3, -0.25) is 4.79 Å². The molecule has 0 N–H and O–H groups in total. The van der Waals surface area contributed by atoms with E-state index in [4.69, 9.17) is 4.74 Å². The van der Waals surface area contributed by atoms with Crippen LogP contribution in [0.5, 0.6) is 0 Å². The predicted molar refractivity (Wildman–Crippen MR) is 83.7 cm³/mol. The molecule has 0 aromatic heterocycles. The molecule has 2 rings (SSSR count). The Morgan fingerprint density at radius 3 is 3.00 bits per heavy atom. The van der Waals surface area contributed by atoms with Crippen molar-refractivity contribution >= 4 is 18.0 Å². The van der Waals surface area contributed by atoms with Gasteiger partial charge in [-0.05, 0) is 24.1 Å². The van der Waals surface area contributed by atoms with Gasteiger partial charge >= 0.3 is 5.97 Å². The topological polar surface area (TPSA) is 46.6 Å². The molecular weight excluding hydrogens is 278 g/mol. The lowest BCUT2D eigenvalue weighted by atomic mass is 10.1. The first-order chi connectivity index (χ1) is 10.7. The molecule has 0 radical (unpaired) electrons. The second-order valence-electron chi connectivity index (χ2n) is 4.84. The first-order valence-electron chi connectivity index (χ1n) is 6.98. The molecule has 0 aliphatic carbocycles. The number of ether oxygens (including phenoxy) is 1. The van der Waals surface area contributed by atoms with Crippen molar-refractivity contribution in [3.63, 3.8) is 0 Å². The number of likely N-dealkylation sites (tertiary alicyclic amines) is 1. The number of carbonyl (C=O) groups excluding carboxylic acids is 2. The van der Waals surface area contributed by atoms with Crippen LogP contribution in [0.15, 0.2) is 36.6 Å². The number of benzene rings is 1. The average Bonchev–Trinajstić information content (AvgIpc) is 2.90. The molecular formula is C18H17NO3. The summed E-state index contributed by atoms with van der Waals surface area (Å²) >= 11 is 0. The van der Waals surface area contributed by atoms with E-state index in [-0.39, 0.29) is 18.4 Å². The maximum Gasteiger partial charge on any atom is 0.328 e.